The fourth-order valence-electron chi connectivity index (χ4n) is 3.88. The van der Waals surface area contributed by atoms with Crippen LogP contribution in [0.5, 0.6) is 5.75 Å². The van der Waals surface area contributed by atoms with Crippen LogP contribution in [0.4, 0.5) is 0 Å². The summed E-state index contributed by atoms with van der Waals surface area (Å²) < 4.78 is 11.0. The summed E-state index contributed by atoms with van der Waals surface area (Å²) >= 11 is 0. The van der Waals surface area contributed by atoms with Crippen molar-refractivity contribution in [3.63, 3.8) is 0 Å². The maximum Gasteiger partial charge on any atom is 0.317 e. The van der Waals surface area contributed by atoms with Crippen LogP contribution >= 0.6 is 0 Å². The molecule has 1 aromatic rings. The Hall–Kier alpha value is -2.41. The molecule has 1 aromatic carbocycles. The first-order chi connectivity index (χ1) is 13.5. The number of ketones is 1. The summed E-state index contributed by atoms with van der Waals surface area (Å²) in [6.07, 6.45) is -0.393. The lowest BCUT2D eigenvalue weighted by atomic mass is 9.61. The van der Waals surface area contributed by atoms with Gasteiger partial charge in [0.15, 0.2) is 5.78 Å². The Morgan fingerprint density at radius 1 is 1.03 bits per heavy atom. The molecule has 2 rings (SSSR count). The van der Waals surface area contributed by atoms with Gasteiger partial charge in [0.25, 0.3) is 0 Å². The maximum absolute atomic E-state index is 13.1. The first-order valence-corrected chi connectivity index (χ1v) is 10.0. The number of carbonyl (C=O) groups excluding carboxylic acids is 3. The van der Waals surface area contributed by atoms with Crippen molar-refractivity contribution in [2.75, 3.05) is 0 Å². The van der Waals surface area contributed by atoms with Crippen LogP contribution in [0, 0.1) is 11.8 Å². The SMILES string of the molecule is CC(C)(C)OC(=O)[C@@H]1C(=O)C[C@](C)(O)[C@H](C(=O)OC(C)(C)C)[C@@H]1c1cccc(O)c1. The van der Waals surface area contributed by atoms with Gasteiger partial charge in [-0.2, -0.15) is 0 Å². The normalized spacial score (nSPS) is 27.5. The average molecular weight is 421 g/mol. The number of ether oxygens (including phenoxy) is 2. The molecule has 7 nitrogen and oxygen atoms in total. The van der Waals surface area contributed by atoms with E-state index in [0.717, 1.165) is 0 Å². The number of carbonyl (C=O) groups is 3. The van der Waals surface area contributed by atoms with E-state index >= 15 is 0 Å². The Labute approximate surface area is 177 Å². The summed E-state index contributed by atoms with van der Waals surface area (Å²) in [6.45, 7) is 11.5. The van der Waals surface area contributed by atoms with Gasteiger partial charge < -0.3 is 19.7 Å². The second kappa shape index (κ2) is 8.02. The molecule has 0 spiro atoms. The van der Waals surface area contributed by atoms with Gasteiger partial charge in [-0.05, 0) is 66.2 Å². The van der Waals surface area contributed by atoms with E-state index in [1.807, 2.05) is 0 Å². The highest BCUT2D eigenvalue weighted by Crippen LogP contribution is 2.47. The lowest BCUT2D eigenvalue weighted by Crippen LogP contribution is -2.56. The zero-order chi connectivity index (χ0) is 23.1. The molecule has 1 fully saturated rings. The molecule has 1 aliphatic carbocycles. The van der Waals surface area contributed by atoms with E-state index in [4.69, 9.17) is 9.47 Å². The number of aromatic hydroxyl groups is 1. The second-order valence-corrected chi connectivity index (χ2v) is 10.1. The Balaban J connectivity index is 2.64. The second-order valence-electron chi connectivity index (χ2n) is 10.1. The zero-order valence-corrected chi connectivity index (χ0v) is 18.7. The fourth-order valence-corrected chi connectivity index (χ4v) is 3.88. The van der Waals surface area contributed by atoms with Crippen LogP contribution in [0.3, 0.4) is 0 Å². The van der Waals surface area contributed by atoms with Crippen molar-refractivity contribution in [1.82, 2.24) is 0 Å². The van der Waals surface area contributed by atoms with Gasteiger partial charge in [0.05, 0.1) is 11.5 Å². The molecular formula is C23H32O7. The van der Waals surface area contributed by atoms with E-state index in [-0.39, 0.29) is 5.75 Å². The first kappa shape index (κ1) is 23.9. The molecule has 4 atom stereocenters. The van der Waals surface area contributed by atoms with Crippen LogP contribution < -0.4 is 0 Å². The predicted octanol–water partition coefficient (Wildman–Crippen LogP) is 3.12. The lowest BCUT2D eigenvalue weighted by molar-refractivity contribution is -0.182. The lowest BCUT2D eigenvalue weighted by Gasteiger charge is -2.44. The molecule has 2 N–H and O–H groups in total. The molecule has 0 radical (unpaired) electrons. The highest BCUT2D eigenvalue weighted by Gasteiger charge is 2.57. The van der Waals surface area contributed by atoms with Crippen molar-refractivity contribution in [1.29, 1.82) is 0 Å². The predicted molar refractivity (Wildman–Crippen MR) is 110 cm³/mol. The number of benzene rings is 1. The molecule has 0 amide bonds. The standard InChI is InChI=1S/C23H32O7/c1-21(2,3)29-19(26)17-15(25)12-23(7,28)18(20(27)30-22(4,5)6)16(17)13-9-8-10-14(24)11-13/h8-11,16-18,24,28H,12H2,1-7H3/t16-,17-,18+,23+/m1/s1. The Morgan fingerprint density at radius 2 is 1.57 bits per heavy atom. The van der Waals surface area contributed by atoms with Crippen molar-refractivity contribution in [3.8, 4) is 5.75 Å². The van der Waals surface area contributed by atoms with Gasteiger partial charge in [0, 0.05) is 12.3 Å². The largest absolute Gasteiger partial charge is 0.508 e. The third kappa shape index (κ3) is 5.59. The van der Waals surface area contributed by atoms with Crippen molar-refractivity contribution in [2.45, 2.75) is 77.6 Å². The minimum absolute atomic E-state index is 0.0870. The minimum atomic E-state index is -1.74. The maximum atomic E-state index is 13.1. The Bertz CT molecular complexity index is 827. The van der Waals surface area contributed by atoms with Gasteiger partial charge in [0.1, 0.15) is 22.9 Å². The van der Waals surface area contributed by atoms with Crippen LogP contribution in [0.2, 0.25) is 0 Å². The van der Waals surface area contributed by atoms with Gasteiger partial charge in [-0.15, -0.1) is 0 Å². The number of esters is 2. The van der Waals surface area contributed by atoms with E-state index < -0.39 is 58.7 Å². The number of hydrogen-bond acceptors (Lipinski definition) is 7. The highest BCUT2D eigenvalue weighted by atomic mass is 16.6. The minimum Gasteiger partial charge on any atom is -0.508 e. The summed E-state index contributed by atoms with van der Waals surface area (Å²) in [5, 5.41) is 21.1. The number of phenolic OH excluding ortho intramolecular Hbond substituents is 1. The van der Waals surface area contributed by atoms with Crippen LogP contribution in [0.25, 0.3) is 0 Å². The van der Waals surface area contributed by atoms with Crippen LogP contribution in [-0.2, 0) is 23.9 Å². The molecule has 0 heterocycles. The fraction of sp³-hybridized carbons (Fsp3) is 0.609. The van der Waals surface area contributed by atoms with Crippen LogP contribution in [-0.4, -0.2) is 44.7 Å². The van der Waals surface area contributed by atoms with Gasteiger partial charge in [0.2, 0.25) is 0 Å². The molecule has 1 saturated carbocycles. The highest BCUT2D eigenvalue weighted by molar-refractivity contribution is 6.03. The Morgan fingerprint density at radius 3 is 2.07 bits per heavy atom. The van der Waals surface area contributed by atoms with E-state index in [9.17, 15) is 24.6 Å². The van der Waals surface area contributed by atoms with Crippen molar-refractivity contribution in [3.05, 3.63) is 29.8 Å². The van der Waals surface area contributed by atoms with Gasteiger partial charge in [-0.3, -0.25) is 14.4 Å². The summed E-state index contributed by atoms with van der Waals surface area (Å²) in [6, 6.07) is 5.98. The first-order valence-electron chi connectivity index (χ1n) is 10.0. The molecule has 1 aliphatic rings. The summed E-state index contributed by atoms with van der Waals surface area (Å²) in [5.41, 5.74) is -3.05. The number of Topliss-reactive ketones (excluding diaryl/α,β-unsaturated/α-hetero) is 1. The smallest absolute Gasteiger partial charge is 0.317 e. The van der Waals surface area contributed by atoms with Gasteiger partial charge >= 0.3 is 11.9 Å². The summed E-state index contributed by atoms with van der Waals surface area (Å²) in [7, 11) is 0. The average Bonchev–Trinajstić information content (AvgIpc) is 2.49. The van der Waals surface area contributed by atoms with Crippen molar-refractivity contribution >= 4 is 17.7 Å². The zero-order valence-electron chi connectivity index (χ0n) is 18.7. The molecule has 7 heteroatoms. The van der Waals surface area contributed by atoms with E-state index in [2.05, 4.69) is 0 Å². The third-order valence-electron chi connectivity index (χ3n) is 4.84. The van der Waals surface area contributed by atoms with Crippen molar-refractivity contribution < 1.29 is 34.1 Å². The molecular weight excluding hydrogens is 388 g/mol. The molecule has 166 valence electrons. The van der Waals surface area contributed by atoms with Gasteiger partial charge in [-0.25, -0.2) is 0 Å². The Kier molecular flexibility index (Phi) is 6.38. The monoisotopic (exact) mass is 420 g/mol. The van der Waals surface area contributed by atoms with Crippen molar-refractivity contribution in [2.24, 2.45) is 11.8 Å². The molecule has 0 aromatic heterocycles. The topological polar surface area (TPSA) is 110 Å². The van der Waals surface area contributed by atoms with Crippen LogP contribution in [0.15, 0.2) is 24.3 Å². The van der Waals surface area contributed by atoms with E-state index in [0.29, 0.717) is 5.56 Å². The third-order valence-corrected chi connectivity index (χ3v) is 4.84. The summed E-state index contributed by atoms with van der Waals surface area (Å²) in [4.78, 5) is 39.2. The number of hydrogen-bond donors (Lipinski definition) is 2. The van der Waals surface area contributed by atoms with Crippen LogP contribution in [0.1, 0.15) is 66.4 Å². The van der Waals surface area contributed by atoms with E-state index in [1.54, 1.807) is 53.7 Å². The molecule has 0 bridgehead atoms. The molecule has 0 saturated heterocycles. The molecule has 0 aliphatic heterocycles. The molecule has 30 heavy (non-hydrogen) atoms. The quantitative estimate of drug-likeness (QED) is 0.571. The van der Waals surface area contributed by atoms with E-state index in [1.165, 1.54) is 19.1 Å². The summed E-state index contributed by atoms with van der Waals surface area (Å²) in [5.74, 6) is -5.69. The van der Waals surface area contributed by atoms with Gasteiger partial charge in [-0.1, -0.05) is 12.1 Å². The number of rotatable bonds is 3. The molecule has 0 unspecified atom stereocenters. The number of aliphatic hydroxyl groups is 1. The number of phenols is 1.